The van der Waals surface area contributed by atoms with Gasteiger partial charge in [-0.25, -0.2) is 0 Å². The zero-order chi connectivity index (χ0) is 13.7. The van der Waals surface area contributed by atoms with Crippen LogP contribution in [0.3, 0.4) is 0 Å². The zero-order valence-electron chi connectivity index (χ0n) is 10.8. The van der Waals surface area contributed by atoms with Crippen molar-refractivity contribution in [1.29, 1.82) is 0 Å². The number of nitrogens with one attached hydrogen (secondary N) is 2. The van der Waals surface area contributed by atoms with Crippen molar-refractivity contribution >= 4 is 5.91 Å². The largest absolute Gasteiger partial charge is 0.375 e. The first kappa shape index (κ1) is 13.2. The van der Waals surface area contributed by atoms with Gasteiger partial charge in [0.05, 0.1) is 0 Å². The molecule has 0 radical (unpaired) electrons. The molecule has 2 aromatic rings. The first-order valence-electron chi connectivity index (χ1n) is 5.79. The lowest BCUT2D eigenvalue weighted by atomic mass is 10.3. The Morgan fingerprint density at radius 1 is 1.58 bits per heavy atom. The first-order valence-corrected chi connectivity index (χ1v) is 5.79. The second kappa shape index (κ2) is 6.10. The Hall–Kier alpha value is -2.22. The minimum absolute atomic E-state index is 0.232. The van der Waals surface area contributed by atoms with Gasteiger partial charge in [-0.15, -0.1) is 0 Å². The second-order valence-electron chi connectivity index (χ2n) is 3.98. The third kappa shape index (κ3) is 3.62. The van der Waals surface area contributed by atoms with E-state index in [1.165, 1.54) is 0 Å². The summed E-state index contributed by atoms with van der Waals surface area (Å²) in [5.41, 5.74) is 1.21. The molecule has 0 spiro atoms. The second-order valence-corrected chi connectivity index (χ2v) is 3.98. The lowest BCUT2D eigenvalue weighted by Gasteiger charge is -1.99. The highest BCUT2D eigenvalue weighted by Crippen LogP contribution is 2.00. The lowest BCUT2D eigenvalue weighted by Crippen LogP contribution is -2.26. The number of carbonyl (C=O) groups excluding carboxylic acids is 1. The van der Waals surface area contributed by atoms with Crippen molar-refractivity contribution in [2.75, 3.05) is 13.7 Å². The van der Waals surface area contributed by atoms with Gasteiger partial charge in [-0.2, -0.15) is 10.1 Å². The van der Waals surface area contributed by atoms with Gasteiger partial charge in [0.15, 0.2) is 5.82 Å². The molecule has 0 aliphatic heterocycles. The van der Waals surface area contributed by atoms with Crippen molar-refractivity contribution in [3.63, 3.8) is 0 Å². The summed E-state index contributed by atoms with van der Waals surface area (Å²) in [6.45, 7) is 2.53. The molecule has 0 bridgehead atoms. The van der Waals surface area contributed by atoms with Crippen LogP contribution >= 0.6 is 0 Å². The summed E-state index contributed by atoms with van der Waals surface area (Å²) >= 11 is 0. The van der Waals surface area contributed by atoms with Crippen LogP contribution in [-0.2, 0) is 17.8 Å². The van der Waals surface area contributed by atoms with E-state index in [-0.39, 0.29) is 12.5 Å². The summed E-state index contributed by atoms with van der Waals surface area (Å²) in [5, 5.41) is 13.1. The fourth-order valence-corrected chi connectivity index (χ4v) is 1.49. The standard InChI is InChI=1S/C11H15N5O3/c1-7-5-8(15-14-7)11(17)12-4-3-9-13-10(6-18-2)19-16-9/h5H,3-4,6H2,1-2H3,(H,12,17)(H,14,15). The van der Waals surface area contributed by atoms with Crippen LogP contribution in [0.1, 0.15) is 27.9 Å². The Morgan fingerprint density at radius 3 is 3.11 bits per heavy atom. The molecule has 0 aliphatic rings. The van der Waals surface area contributed by atoms with Crippen molar-refractivity contribution in [3.05, 3.63) is 29.2 Å². The summed E-state index contributed by atoms with van der Waals surface area (Å²) in [6, 6.07) is 1.68. The Balaban J connectivity index is 1.78. The molecule has 2 heterocycles. The molecule has 0 atom stereocenters. The smallest absolute Gasteiger partial charge is 0.271 e. The summed E-state index contributed by atoms with van der Waals surface area (Å²) in [4.78, 5) is 15.8. The van der Waals surface area contributed by atoms with Crippen LogP contribution in [0.25, 0.3) is 0 Å². The van der Waals surface area contributed by atoms with Crippen LogP contribution in [0.4, 0.5) is 0 Å². The molecule has 2 aromatic heterocycles. The third-order valence-electron chi connectivity index (χ3n) is 2.35. The number of nitrogens with zero attached hydrogens (tertiary/aromatic N) is 3. The number of ether oxygens (including phenoxy) is 1. The quantitative estimate of drug-likeness (QED) is 0.774. The minimum atomic E-state index is -0.232. The molecule has 102 valence electrons. The minimum Gasteiger partial charge on any atom is -0.375 e. The average Bonchev–Trinajstić information content (AvgIpc) is 2.99. The SMILES string of the molecule is COCc1nc(CCNC(=O)c2cc(C)[nH]n2)no1. The summed E-state index contributed by atoms with van der Waals surface area (Å²) in [6.07, 6.45) is 0.488. The zero-order valence-corrected chi connectivity index (χ0v) is 10.8. The van der Waals surface area contributed by atoms with E-state index in [9.17, 15) is 4.79 Å². The maximum Gasteiger partial charge on any atom is 0.271 e. The van der Waals surface area contributed by atoms with Crippen LogP contribution in [-0.4, -0.2) is 39.9 Å². The van der Waals surface area contributed by atoms with Gasteiger partial charge in [0.2, 0.25) is 0 Å². The third-order valence-corrected chi connectivity index (χ3v) is 2.35. The molecule has 8 nitrogen and oxygen atoms in total. The molecule has 1 amide bonds. The molecule has 0 saturated carbocycles. The molecular formula is C11H15N5O3. The molecule has 0 saturated heterocycles. The van der Waals surface area contributed by atoms with E-state index in [0.717, 1.165) is 5.69 Å². The van der Waals surface area contributed by atoms with Crippen LogP contribution in [0.2, 0.25) is 0 Å². The topological polar surface area (TPSA) is 106 Å². The maximum atomic E-state index is 11.7. The number of aromatic nitrogens is 4. The number of aryl methyl sites for hydroxylation is 1. The van der Waals surface area contributed by atoms with E-state index in [0.29, 0.717) is 30.4 Å². The Kier molecular flexibility index (Phi) is 4.24. The highest BCUT2D eigenvalue weighted by atomic mass is 16.5. The normalized spacial score (nSPS) is 10.6. The van der Waals surface area contributed by atoms with E-state index in [1.807, 2.05) is 6.92 Å². The average molecular weight is 265 g/mol. The van der Waals surface area contributed by atoms with Crippen LogP contribution in [0.5, 0.6) is 0 Å². The molecule has 0 unspecified atom stereocenters. The fourth-order valence-electron chi connectivity index (χ4n) is 1.49. The number of methoxy groups -OCH3 is 1. The van der Waals surface area contributed by atoms with Crippen molar-refractivity contribution in [2.24, 2.45) is 0 Å². The van der Waals surface area contributed by atoms with Gasteiger partial charge in [-0.05, 0) is 13.0 Å². The van der Waals surface area contributed by atoms with E-state index >= 15 is 0 Å². The van der Waals surface area contributed by atoms with Gasteiger partial charge < -0.3 is 14.6 Å². The molecule has 8 heteroatoms. The number of amides is 1. The number of hydrogen-bond acceptors (Lipinski definition) is 6. The molecule has 2 rings (SSSR count). The van der Waals surface area contributed by atoms with Crippen molar-refractivity contribution < 1.29 is 14.1 Å². The van der Waals surface area contributed by atoms with Gasteiger partial charge in [-0.1, -0.05) is 5.16 Å². The van der Waals surface area contributed by atoms with Gasteiger partial charge in [0.1, 0.15) is 12.3 Å². The van der Waals surface area contributed by atoms with E-state index in [4.69, 9.17) is 9.26 Å². The van der Waals surface area contributed by atoms with Crippen molar-refractivity contribution in [2.45, 2.75) is 20.0 Å². The molecule has 0 aliphatic carbocycles. The number of hydrogen-bond donors (Lipinski definition) is 2. The highest BCUT2D eigenvalue weighted by Gasteiger charge is 2.10. The number of carbonyl (C=O) groups is 1. The Morgan fingerprint density at radius 2 is 2.42 bits per heavy atom. The number of rotatable bonds is 6. The van der Waals surface area contributed by atoms with Crippen molar-refractivity contribution in [3.8, 4) is 0 Å². The molecule has 2 N–H and O–H groups in total. The van der Waals surface area contributed by atoms with Crippen molar-refractivity contribution in [1.82, 2.24) is 25.7 Å². The van der Waals surface area contributed by atoms with Crippen LogP contribution in [0.15, 0.2) is 10.6 Å². The van der Waals surface area contributed by atoms with E-state index < -0.39 is 0 Å². The Labute approximate surface area is 109 Å². The summed E-state index contributed by atoms with van der Waals surface area (Å²) in [5.74, 6) is 0.724. The van der Waals surface area contributed by atoms with E-state index in [1.54, 1.807) is 13.2 Å². The maximum absolute atomic E-state index is 11.7. The number of aromatic amines is 1. The van der Waals surface area contributed by atoms with E-state index in [2.05, 4.69) is 25.7 Å². The number of H-pyrrole nitrogens is 1. The summed E-state index contributed by atoms with van der Waals surface area (Å²) in [7, 11) is 1.55. The van der Waals surface area contributed by atoms with Gasteiger partial charge in [0.25, 0.3) is 11.8 Å². The van der Waals surface area contributed by atoms with Crippen LogP contribution in [0, 0.1) is 6.92 Å². The van der Waals surface area contributed by atoms with Crippen LogP contribution < -0.4 is 5.32 Å². The molecular weight excluding hydrogens is 250 g/mol. The predicted octanol–water partition coefficient (Wildman–Crippen LogP) is 0.220. The van der Waals surface area contributed by atoms with Gasteiger partial charge in [0, 0.05) is 25.8 Å². The monoisotopic (exact) mass is 265 g/mol. The fraction of sp³-hybridized carbons (Fsp3) is 0.455. The summed E-state index contributed by atoms with van der Waals surface area (Å²) < 4.78 is 9.80. The molecule has 0 fully saturated rings. The van der Waals surface area contributed by atoms with Gasteiger partial charge in [-0.3, -0.25) is 9.89 Å². The first-order chi connectivity index (χ1) is 9.19. The lowest BCUT2D eigenvalue weighted by molar-refractivity contribution is 0.0949. The van der Waals surface area contributed by atoms with Gasteiger partial charge >= 0.3 is 0 Å². The highest BCUT2D eigenvalue weighted by molar-refractivity contribution is 5.92. The molecule has 19 heavy (non-hydrogen) atoms. The molecule has 0 aromatic carbocycles. The predicted molar refractivity (Wildman–Crippen MR) is 64.4 cm³/mol. The Bertz CT molecular complexity index is 548.